The van der Waals surface area contributed by atoms with Gasteiger partial charge in [0.1, 0.15) is 22.4 Å². The number of hydrogen-bond acceptors (Lipinski definition) is 5. The number of para-hydroxylation sites is 1. The van der Waals surface area contributed by atoms with Gasteiger partial charge >= 0.3 is 0 Å². The number of nitrogens with zero attached hydrogens (tertiary/aromatic N) is 3. The molecular weight excluding hydrogens is 474 g/mol. The maximum absolute atomic E-state index is 13.1. The van der Waals surface area contributed by atoms with Gasteiger partial charge in [0.25, 0.3) is 5.91 Å². The van der Waals surface area contributed by atoms with E-state index in [1.54, 1.807) is 11.0 Å². The Morgan fingerprint density at radius 3 is 2.69 bits per heavy atom. The summed E-state index contributed by atoms with van der Waals surface area (Å²) in [5, 5.41) is 4.92. The van der Waals surface area contributed by atoms with Crippen molar-refractivity contribution in [3.05, 3.63) is 83.4 Å². The fourth-order valence-corrected chi connectivity index (χ4v) is 5.22. The van der Waals surface area contributed by atoms with Crippen LogP contribution >= 0.6 is 24.0 Å². The van der Waals surface area contributed by atoms with Crippen molar-refractivity contribution in [2.24, 2.45) is 0 Å². The van der Waals surface area contributed by atoms with E-state index >= 15 is 0 Å². The van der Waals surface area contributed by atoms with Crippen molar-refractivity contribution in [2.75, 3.05) is 13.2 Å². The molecule has 4 rings (SSSR count). The van der Waals surface area contributed by atoms with Gasteiger partial charge in [0.05, 0.1) is 10.6 Å². The Morgan fingerprint density at radius 2 is 1.97 bits per heavy atom. The number of unbranched alkanes of at least 4 members (excludes halogenated alkanes) is 2. The lowest BCUT2D eigenvalue weighted by Gasteiger charge is -2.13. The average molecular weight is 504 g/mol. The minimum Gasteiger partial charge on any atom is -0.490 e. The predicted octanol–water partition coefficient (Wildman–Crippen LogP) is 6.80. The number of ether oxygens (including phenoxy) is 1. The van der Waals surface area contributed by atoms with Crippen molar-refractivity contribution in [2.45, 2.75) is 33.1 Å². The Hall–Kier alpha value is -3.16. The Bertz CT molecular complexity index is 1260. The molecule has 0 bridgehead atoms. The second-order valence-corrected chi connectivity index (χ2v) is 10.0. The quantitative estimate of drug-likeness (QED) is 0.132. The minimum atomic E-state index is -0.0283. The molecule has 180 valence electrons. The summed E-state index contributed by atoms with van der Waals surface area (Å²) in [4.78, 5) is 15.5. The van der Waals surface area contributed by atoms with Gasteiger partial charge in [-0.3, -0.25) is 9.69 Å². The lowest BCUT2D eigenvalue weighted by atomic mass is 10.0. The molecule has 2 aromatic carbocycles. The molecule has 0 N–H and O–H groups in total. The second-order valence-electron chi connectivity index (χ2n) is 8.33. The highest BCUT2D eigenvalue weighted by Gasteiger charge is 2.32. The predicted molar refractivity (Wildman–Crippen MR) is 149 cm³/mol. The van der Waals surface area contributed by atoms with Crippen LogP contribution in [0.25, 0.3) is 23.0 Å². The van der Waals surface area contributed by atoms with Crippen molar-refractivity contribution in [3.8, 4) is 22.7 Å². The van der Waals surface area contributed by atoms with E-state index in [4.69, 9.17) is 22.1 Å². The monoisotopic (exact) mass is 503 g/mol. The zero-order valence-electron chi connectivity index (χ0n) is 20.1. The SMILES string of the molecule is C=CCOc1ccc(-c2nn(-c3ccccc3)cc2C=C2SC(=S)N(CCCCC)C2=O)c(C)c1. The topological polar surface area (TPSA) is 47.4 Å². The number of aryl methyl sites for hydroxylation is 1. The normalized spacial score (nSPS) is 14.7. The van der Waals surface area contributed by atoms with E-state index in [1.807, 2.05) is 72.4 Å². The molecule has 2 heterocycles. The van der Waals surface area contributed by atoms with Crippen LogP contribution in [0.15, 0.2) is 72.3 Å². The van der Waals surface area contributed by atoms with Crippen LogP contribution in [0, 0.1) is 6.92 Å². The first-order chi connectivity index (χ1) is 17.0. The molecule has 1 saturated heterocycles. The summed E-state index contributed by atoms with van der Waals surface area (Å²) in [6.07, 6.45) is 8.74. The van der Waals surface area contributed by atoms with Crippen molar-refractivity contribution in [3.63, 3.8) is 0 Å². The maximum Gasteiger partial charge on any atom is 0.266 e. The van der Waals surface area contributed by atoms with Gasteiger partial charge in [0.15, 0.2) is 0 Å². The van der Waals surface area contributed by atoms with Gasteiger partial charge < -0.3 is 4.74 Å². The third-order valence-corrected chi connectivity index (χ3v) is 7.11. The molecule has 0 radical (unpaired) electrons. The van der Waals surface area contributed by atoms with Gasteiger partial charge in [-0.25, -0.2) is 4.68 Å². The second kappa shape index (κ2) is 11.5. The van der Waals surface area contributed by atoms with Crippen molar-refractivity contribution in [1.82, 2.24) is 14.7 Å². The number of thioether (sulfide) groups is 1. The summed E-state index contributed by atoms with van der Waals surface area (Å²) in [6, 6.07) is 15.9. The number of thiocarbonyl (C=S) groups is 1. The molecule has 35 heavy (non-hydrogen) atoms. The molecule has 1 aliphatic rings. The number of rotatable bonds is 10. The lowest BCUT2D eigenvalue weighted by molar-refractivity contribution is -0.122. The van der Waals surface area contributed by atoms with Gasteiger partial charge in [0.2, 0.25) is 0 Å². The van der Waals surface area contributed by atoms with Gasteiger partial charge in [-0.2, -0.15) is 5.10 Å². The van der Waals surface area contributed by atoms with E-state index in [9.17, 15) is 4.79 Å². The fraction of sp³-hybridized carbons (Fsp3) is 0.250. The molecule has 0 spiro atoms. The summed E-state index contributed by atoms with van der Waals surface area (Å²) < 4.78 is 8.17. The smallest absolute Gasteiger partial charge is 0.266 e. The molecule has 1 aliphatic heterocycles. The number of carbonyl (C=O) groups is 1. The zero-order chi connectivity index (χ0) is 24.8. The molecule has 7 heteroatoms. The standard InChI is InChI=1S/C28H29N3O2S2/c1-4-6-10-15-30-27(32)25(35-28(30)34)18-21-19-31(22-11-8-7-9-12-22)29-26(21)24-14-13-23(17-20(24)3)33-16-5-2/h5,7-9,11-14,17-19H,2,4,6,10,15-16H2,1,3H3. The Labute approximate surface area is 216 Å². The largest absolute Gasteiger partial charge is 0.490 e. The minimum absolute atomic E-state index is 0.0283. The van der Waals surface area contributed by atoms with E-state index in [0.717, 1.165) is 53.1 Å². The highest BCUT2D eigenvalue weighted by atomic mass is 32.2. The van der Waals surface area contributed by atoms with Crippen LogP contribution in [0.1, 0.15) is 37.3 Å². The van der Waals surface area contributed by atoms with Crippen LogP contribution in [-0.2, 0) is 4.79 Å². The van der Waals surface area contributed by atoms with Crippen LogP contribution in [0.3, 0.4) is 0 Å². The number of benzene rings is 2. The summed E-state index contributed by atoms with van der Waals surface area (Å²) in [7, 11) is 0. The maximum atomic E-state index is 13.1. The van der Waals surface area contributed by atoms with E-state index in [2.05, 4.69) is 13.5 Å². The van der Waals surface area contributed by atoms with E-state index in [0.29, 0.717) is 22.4 Å². The molecule has 5 nitrogen and oxygen atoms in total. The van der Waals surface area contributed by atoms with Gasteiger partial charge in [-0.05, 0) is 55.3 Å². The third-order valence-electron chi connectivity index (χ3n) is 5.73. The van der Waals surface area contributed by atoms with Crippen LogP contribution in [0.5, 0.6) is 5.75 Å². The average Bonchev–Trinajstić information content (AvgIpc) is 3.39. The first-order valence-electron chi connectivity index (χ1n) is 11.8. The number of aromatic nitrogens is 2. The molecule has 0 saturated carbocycles. The molecule has 1 amide bonds. The van der Waals surface area contributed by atoms with Crippen molar-refractivity contribution < 1.29 is 9.53 Å². The Balaban J connectivity index is 1.73. The van der Waals surface area contributed by atoms with Crippen LogP contribution in [0.4, 0.5) is 0 Å². The van der Waals surface area contributed by atoms with Crippen LogP contribution in [-0.4, -0.2) is 38.1 Å². The number of hydrogen-bond donors (Lipinski definition) is 0. The first kappa shape index (κ1) is 24.9. The van der Waals surface area contributed by atoms with E-state index in [-0.39, 0.29) is 5.91 Å². The summed E-state index contributed by atoms with van der Waals surface area (Å²) in [5.41, 5.74) is 4.63. The van der Waals surface area contributed by atoms with Crippen molar-refractivity contribution >= 4 is 40.3 Å². The fourth-order valence-electron chi connectivity index (χ4n) is 3.92. The Morgan fingerprint density at radius 1 is 1.17 bits per heavy atom. The molecule has 0 aliphatic carbocycles. The summed E-state index contributed by atoms with van der Waals surface area (Å²) in [5.74, 6) is 0.752. The van der Waals surface area contributed by atoms with E-state index < -0.39 is 0 Å². The summed E-state index contributed by atoms with van der Waals surface area (Å²) >= 11 is 6.89. The molecule has 1 fully saturated rings. The summed E-state index contributed by atoms with van der Waals surface area (Å²) in [6.45, 7) is 9.01. The lowest BCUT2D eigenvalue weighted by Crippen LogP contribution is -2.28. The highest BCUT2D eigenvalue weighted by Crippen LogP contribution is 2.36. The van der Waals surface area contributed by atoms with Gasteiger partial charge in [0, 0.05) is 23.9 Å². The van der Waals surface area contributed by atoms with Gasteiger partial charge in [-0.1, -0.05) is 74.6 Å². The number of amides is 1. The molecule has 3 aromatic rings. The zero-order valence-corrected chi connectivity index (χ0v) is 21.7. The first-order valence-corrected chi connectivity index (χ1v) is 13.0. The molecular formula is C28H29N3O2S2. The van der Waals surface area contributed by atoms with Crippen molar-refractivity contribution in [1.29, 1.82) is 0 Å². The highest BCUT2D eigenvalue weighted by molar-refractivity contribution is 8.26. The molecule has 0 unspecified atom stereocenters. The molecule has 0 atom stereocenters. The number of carbonyl (C=O) groups excluding carboxylic acids is 1. The Kier molecular flexibility index (Phi) is 8.21. The van der Waals surface area contributed by atoms with Crippen LogP contribution in [0.2, 0.25) is 0 Å². The van der Waals surface area contributed by atoms with Gasteiger partial charge in [-0.15, -0.1) is 0 Å². The van der Waals surface area contributed by atoms with E-state index in [1.165, 1.54) is 11.8 Å². The third kappa shape index (κ3) is 5.74. The molecule has 1 aromatic heterocycles. The van der Waals surface area contributed by atoms with Crippen LogP contribution < -0.4 is 4.74 Å².